The van der Waals surface area contributed by atoms with Crippen LogP contribution in [0.15, 0.2) is 54.7 Å². The minimum absolute atomic E-state index is 0.0858. The van der Waals surface area contributed by atoms with Crippen LogP contribution < -0.4 is 4.90 Å². The molecule has 1 heterocycles. The van der Waals surface area contributed by atoms with E-state index in [9.17, 15) is 14.3 Å². The van der Waals surface area contributed by atoms with Gasteiger partial charge in [0.05, 0.1) is 18.2 Å². The molecule has 3 rings (SSSR count). The van der Waals surface area contributed by atoms with Gasteiger partial charge in [0, 0.05) is 31.7 Å². The number of amides is 1. The van der Waals surface area contributed by atoms with Crippen molar-refractivity contribution in [2.75, 3.05) is 31.1 Å². The molecule has 25 heavy (non-hydrogen) atoms. The Bertz CT molecular complexity index is 696. The van der Waals surface area contributed by atoms with Crippen molar-refractivity contribution in [3.63, 3.8) is 0 Å². The second-order valence-electron chi connectivity index (χ2n) is 6.25. The first-order valence-corrected chi connectivity index (χ1v) is 8.64. The lowest BCUT2D eigenvalue weighted by Gasteiger charge is -2.25. The van der Waals surface area contributed by atoms with Gasteiger partial charge in [-0.2, -0.15) is 0 Å². The van der Waals surface area contributed by atoms with Crippen LogP contribution in [0.4, 0.5) is 10.1 Å². The number of anilines is 1. The van der Waals surface area contributed by atoms with E-state index in [4.69, 9.17) is 0 Å². The monoisotopic (exact) mass is 342 g/mol. The third-order valence-electron chi connectivity index (χ3n) is 4.63. The van der Waals surface area contributed by atoms with Gasteiger partial charge >= 0.3 is 0 Å². The molecule has 1 fully saturated rings. The number of rotatable bonds is 3. The van der Waals surface area contributed by atoms with Crippen LogP contribution in [0.2, 0.25) is 0 Å². The van der Waals surface area contributed by atoms with Gasteiger partial charge in [-0.15, -0.1) is 0 Å². The van der Waals surface area contributed by atoms with Gasteiger partial charge in [0.1, 0.15) is 0 Å². The first kappa shape index (κ1) is 17.4. The minimum atomic E-state index is -0.370. The van der Waals surface area contributed by atoms with Crippen LogP contribution in [0.25, 0.3) is 0 Å². The van der Waals surface area contributed by atoms with Gasteiger partial charge in [-0.1, -0.05) is 48.6 Å². The number of aliphatic hydroxyl groups excluding tert-OH is 1. The maximum absolute atomic E-state index is 14.5. The van der Waals surface area contributed by atoms with E-state index in [1.165, 1.54) is 0 Å². The van der Waals surface area contributed by atoms with Gasteiger partial charge in [0.2, 0.25) is 5.91 Å². The van der Waals surface area contributed by atoms with Crippen LogP contribution in [0.1, 0.15) is 12.0 Å². The van der Waals surface area contributed by atoms with Gasteiger partial charge in [-0.25, -0.2) is 4.39 Å². The van der Waals surface area contributed by atoms with Crippen molar-refractivity contribution >= 4 is 11.6 Å². The number of hydrogen-bond donors (Lipinski definition) is 1. The Morgan fingerprint density at radius 1 is 1.08 bits per heavy atom. The summed E-state index contributed by atoms with van der Waals surface area (Å²) >= 11 is 0. The number of carbonyl (C=O) groups is 1. The topological polar surface area (TPSA) is 43.8 Å². The Labute approximate surface area is 147 Å². The van der Waals surface area contributed by atoms with E-state index >= 15 is 0 Å². The Morgan fingerprint density at radius 2 is 1.84 bits per heavy atom. The summed E-state index contributed by atoms with van der Waals surface area (Å²) in [7, 11) is 0. The molecule has 1 amide bonds. The Balaban J connectivity index is 1.69. The molecule has 1 aromatic carbocycles. The summed E-state index contributed by atoms with van der Waals surface area (Å²) < 4.78 is 14.5. The lowest BCUT2D eigenvalue weighted by molar-refractivity contribution is -0.132. The summed E-state index contributed by atoms with van der Waals surface area (Å²) in [5.41, 5.74) is 0.801. The molecule has 0 radical (unpaired) electrons. The average Bonchev–Trinajstić information content (AvgIpc) is 3.04. The summed E-state index contributed by atoms with van der Waals surface area (Å²) in [5.74, 6) is -0.524. The highest BCUT2D eigenvalue weighted by Gasteiger charge is 2.24. The number of allylic oxidation sites excluding steroid dienone is 4. The highest BCUT2D eigenvalue weighted by molar-refractivity contribution is 5.82. The zero-order valence-corrected chi connectivity index (χ0v) is 14.1. The molecule has 132 valence electrons. The summed E-state index contributed by atoms with van der Waals surface area (Å²) in [6, 6.07) is 5.07. The largest absolute Gasteiger partial charge is 0.392 e. The molecule has 0 atom stereocenters. The van der Waals surface area contributed by atoms with Crippen molar-refractivity contribution < 1.29 is 14.3 Å². The van der Waals surface area contributed by atoms with Crippen molar-refractivity contribution in [1.29, 1.82) is 0 Å². The Morgan fingerprint density at radius 3 is 2.56 bits per heavy atom. The minimum Gasteiger partial charge on any atom is -0.392 e. The summed E-state index contributed by atoms with van der Waals surface area (Å²) in [6.45, 7) is 2.19. The molecule has 0 saturated carbocycles. The molecular formula is C20H23FN2O2. The van der Waals surface area contributed by atoms with Crippen LogP contribution in [-0.2, 0) is 11.4 Å². The highest BCUT2D eigenvalue weighted by Crippen LogP contribution is 2.24. The average molecular weight is 342 g/mol. The number of benzene rings is 1. The second-order valence-corrected chi connectivity index (χ2v) is 6.25. The van der Waals surface area contributed by atoms with Gasteiger partial charge in [-0.05, 0) is 12.5 Å². The molecular weight excluding hydrogens is 319 g/mol. The Kier molecular flexibility index (Phi) is 5.66. The van der Waals surface area contributed by atoms with Crippen LogP contribution in [0.3, 0.4) is 0 Å². The number of nitrogens with zero attached hydrogens (tertiary/aromatic N) is 2. The highest BCUT2D eigenvalue weighted by atomic mass is 19.1. The van der Waals surface area contributed by atoms with E-state index in [-0.39, 0.29) is 24.2 Å². The van der Waals surface area contributed by atoms with Crippen molar-refractivity contribution in [3.05, 3.63) is 66.0 Å². The van der Waals surface area contributed by atoms with Crippen LogP contribution in [0.5, 0.6) is 0 Å². The normalized spacial score (nSPS) is 18.3. The maximum atomic E-state index is 14.5. The molecule has 1 aliphatic heterocycles. The lowest BCUT2D eigenvalue weighted by Crippen LogP contribution is -2.38. The summed E-state index contributed by atoms with van der Waals surface area (Å²) in [4.78, 5) is 16.6. The van der Waals surface area contributed by atoms with E-state index in [1.807, 2.05) is 46.3 Å². The smallest absolute Gasteiger partial charge is 0.233 e. The van der Waals surface area contributed by atoms with E-state index in [2.05, 4.69) is 0 Å². The molecule has 0 spiro atoms. The third-order valence-corrected chi connectivity index (χ3v) is 4.63. The number of halogens is 1. The zero-order chi connectivity index (χ0) is 17.6. The molecule has 2 aliphatic rings. The number of aliphatic hydroxyl groups is 1. The van der Waals surface area contributed by atoms with Gasteiger partial charge in [0.25, 0.3) is 0 Å². The van der Waals surface area contributed by atoms with Gasteiger partial charge in [-0.3, -0.25) is 4.79 Å². The van der Waals surface area contributed by atoms with Crippen molar-refractivity contribution in [2.24, 2.45) is 5.92 Å². The molecule has 4 nitrogen and oxygen atoms in total. The van der Waals surface area contributed by atoms with Crippen LogP contribution >= 0.6 is 0 Å². The van der Waals surface area contributed by atoms with E-state index in [0.717, 1.165) is 6.42 Å². The van der Waals surface area contributed by atoms with E-state index in [1.54, 1.807) is 18.2 Å². The third kappa shape index (κ3) is 3.99. The van der Waals surface area contributed by atoms with Crippen molar-refractivity contribution in [1.82, 2.24) is 4.90 Å². The maximum Gasteiger partial charge on any atom is 0.233 e. The summed E-state index contributed by atoms with van der Waals surface area (Å²) in [5, 5.41) is 9.25. The first-order chi connectivity index (χ1) is 12.2. The van der Waals surface area contributed by atoms with E-state index < -0.39 is 0 Å². The quantitative estimate of drug-likeness (QED) is 0.918. The fraction of sp³-hybridized carbons (Fsp3) is 0.350. The zero-order valence-electron chi connectivity index (χ0n) is 14.1. The predicted molar refractivity (Wildman–Crippen MR) is 96.6 cm³/mol. The fourth-order valence-corrected chi connectivity index (χ4v) is 3.25. The van der Waals surface area contributed by atoms with Crippen LogP contribution in [-0.4, -0.2) is 42.1 Å². The van der Waals surface area contributed by atoms with Crippen molar-refractivity contribution in [2.45, 2.75) is 13.0 Å². The Hall–Kier alpha value is -2.40. The SMILES string of the molecule is O=C(C1C=CC=CC=C1)N1CCCN(c2cccc(CO)c2F)CC1. The molecule has 1 N–H and O–H groups in total. The first-order valence-electron chi connectivity index (χ1n) is 8.64. The van der Waals surface area contributed by atoms with Crippen LogP contribution in [0, 0.1) is 11.7 Å². The molecule has 0 aromatic heterocycles. The standard InChI is InChI=1S/C20H23FN2O2/c21-19-17(15-24)9-5-10-18(19)22-11-6-12-23(14-13-22)20(25)16-7-3-1-2-4-8-16/h1-5,7-10,16,24H,6,11-15H2. The fourth-order valence-electron chi connectivity index (χ4n) is 3.25. The molecule has 0 unspecified atom stereocenters. The molecule has 5 heteroatoms. The summed E-state index contributed by atoms with van der Waals surface area (Å²) in [6.07, 6.45) is 12.2. The molecule has 1 aliphatic carbocycles. The predicted octanol–water partition coefficient (Wildman–Crippen LogP) is 2.66. The number of carbonyl (C=O) groups excluding carboxylic acids is 1. The lowest BCUT2D eigenvalue weighted by atomic mass is 10.1. The molecule has 0 bridgehead atoms. The second kappa shape index (κ2) is 8.12. The van der Waals surface area contributed by atoms with Crippen molar-refractivity contribution in [3.8, 4) is 0 Å². The number of hydrogen-bond acceptors (Lipinski definition) is 3. The van der Waals surface area contributed by atoms with Gasteiger partial charge in [0.15, 0.2) is 5.82 Å². The van der Waals surface area contributed by atoms with E-state index in [0.29, 0.717) is 37.4 Å². The van der Waals surface area contributed by atoms with Gasteiger partial charge < -0.3 is 14.9 Å². The molecule has 1 saturated heterocycles. The molecule has 1 aromatic rings.